The van der Waals surface area contributed by atoms with Crippen LogP contribution in [0.2, 0.25) is 0 Å². The summed E-state index contributed by atoms with van der Waals surface area (Å²) in [7, 11) is 0. The SMILES string of the molecule is CCN1CCC(CN)C1c1ccc2ncccc2c1. The Balaban J connectivity index is 2.01. The molecule has 1 aromatic heterocycles. The molecule has 2 atom stereocenters. The van der Waals surface area contributed by atoms with Crippen LogP contribution in [0.15, 0.2) is 36.5 Å². The predicted molar refractivity (Wildman–Crippen MR) is 78.9 cm³/mol. The van der Waals surface area contributed by atoms with E-state index < -0.39 is 0 Å². The van der Waals surface area contributed by atoms with Crippen LogP contribution in [0.3, 0.4) is 0 Å². The van der Waals surface area contributed by atoms with Crippen LogP contribution in [-0.2, 0) is 0 Å². The highest BCUT2D eigenvalue weighted by molar-refractivity contribution is 5.79. The summed E-state index contributed by atoms with van der Waals surface area (Å²) >= 11 is 0. The predicted octanol–water partition coefficient (Wildman–Crippen LogP) is 2.58. The molecule has 3 nitrogen and oxygen atoms in total. The van der Waals surface area contributed by atoms with Gasteiger partial charge in [0.25, 0.3) is 0 Å². The van der Waals surface area contributed by atoms with Crippen molar-refractivity contribution in [3.05, 3.63) is 42.1 Å². The third kappa shape index (κ3) is 2.24. The van der Waals surface area contributed by atoms with Gasteiger partial charge in [-0.2, -0.15) is 0 Å². The maximum atomic E-state index is 5.95. The van der Waals surface area contributed by atoms with Crippen LogP contribution in [0.1, 0.15) is 24.9 Å². The van der Waals surface area contributed by atoms with Gasteiger partial charge in [0.2, 0.25) is 0 Å². The van der Waals surface area contributed by atoms with E-state index in [1.165, 1.54) is 17.4 Å². The van der Waals surface area contributed by atoms with E-state index in [1.807, 2.05) is 12.3 Å². The van der Waals surface area contributed by atoms with Gasteiger partial charge in [0.05, 0.1) is 5.52 Å². The molecule has 2 aromatic rings. The highest BCUT2D eigenvalue weighted by Crippen LogP contribution is 2.37. The Morgan fingerprint density at radius 3 is 3.05 bits per heavy atom. The average Bonchev–Trinajstić information content (AvgIpc) is 2.89. The monoisotopic (exact) mass is 255 g/mol. The largest absolute Gasteiger partial charge is 0.330 e. The minimum atomic E-state index is 0.472. The number of rotatable bonds is 3. The molecular weight excluding hydrogens is 234 g/mol. The number of hydrogen-bond donors (Lipinski definition) is 1. The molecule has 1 aliphatic rings. The van der Waals surface area contributed by atoms with Crippen LogP contribution in [-0.4, -0.2) is 29.5 Å². The summed E-state index contributed by atoms with van der Waals surface area (Å²) in [5.41, 5.74) is 8.40. The summed E-state index contributed by atoms with van der Waals surface area (Å²) in [6.07, 6.45) is 3.05. The van der Waals surface area contributed by atoms with Crippen molar-refractivity contribution in [2.24, 2.45) is 11.7 Å². The number of nitrogens with two attached hydrogens (primary N) is 1. The molecule has 0 aliphatic carbocycles. The van der Waals surface area contributed by atoms with Gasteiger partial charge >= 0.3 is 0 Å². The van der Waals surface area contributed by atoms with Crippen molar-refractivity contribution in [2.45, 2.75) is 19.4 Å². The maximum absolute atomic E-state index is 5.95. The standard InChI is InChI=1S/C16H21N3/c1-2-19-9-7-14(11-17)16(19)13-5-6-15-12(10-13)4-3-8-18-15/h3-6,8,10,14,16H,2,7,9,11,17H2,1H3. The van der Waals surface area contributed by atoms with E-state index in [0.717, 1.165) is 25.2 Å². The number of aromatic nitrogens is 1. The van der Waals surface area contributed by atoms with Gasteiger partial charge in [-0.15, -0.1) is 0 Å². The summed E-state index contributed by atoms with van der Waals surface area (Å²) < 4.78 is 0. The number of hydrogen-bond acceptors (Lipinski definition) is 3. The lowest BCUT2D eigenvalue weighted by Gasteiger charge is -2.27. The van der Waals surface area contributed by atoms with Crippen molar-refractivity contribution in [1.82, 2.24) is 9.88 Å². The van der Waals surface area contributed by atoms with Gasteiger partial charge in [0, 0.05) is 17.6 Å². The molecular formula is C16H21N3. The van der Waals surface area contributed by atoms with E-state index in [4.69, 9.17) is 5.73 Å². The quantitative estimate of drug-likeness (QED) is 0.916. The van der Waals surface area contributed by atoms with Crippen LogP contribution in [0.25, 0.3) is 10.9 Å². The Morgan fingerprint density at radius 1 is 1.37 bits per heavy atom. The normalized spacial score (nSPS) is 24.1. The zero-order chi connectivity index (χ0) is 13.2. The van der Waals surface area contributed by atoms with Crippen LogP contribution in [0.5, 0.6) is 0 Å². The lowest BCUT2D eigenvalue weighted by atomic mass is 9.93. The molecule has 19 heavy (non-hydrogen) atoms. The Bertz CT molecular complexity index is 555. The minimum Gasteiger partial charge on any atom is -0.330 e. The summed E-state index contributed by atoms with van der Waals surface area (Å²) in [5.74, 6) is 0.578. The second-order valence-corrected chi connectivity index (χ2v) is 5.31. The van der Waals surface area contributed by atoms with Gasteiger partial charge in [0.15, 0.2) is 0 Å². The molecule has 0 radical (unpaired) electrons. The fourth-order valence-electron chi connectivity index (χ4n) is 3.29. The second-order valence-electron chi connectivity index (χ2n) is 5.31. The fraction of sp³-hybridized carbons (Fsp3) is 0.438. The van der Waals surface area contributed by atoms with E-state index >= 15 is 0 Å². The Labute approximate surface area is 114 Å². The van der Waals surface area contributed by atoms with E-state index in [0.29, 0.717) is 12.0 Å². The summed E-state index contributed by atoms with van der Waals surface area (Å²) in [4.78, 5) is 6.93. The number of fused-ring (bicyclic) bond motifs is 1. The highest BCUT2D eigenvalue weighted by Gasteiger charge is 2.33. The molecule has 2 unspecified atom stereocenters. The summed E-state index contributed by atoms with van der Waals surface area (Å²) in [5, 5.41) is 1.22. The smallest absolute Gasteiger partial charge is 0.0702 e. The van der Waals surface area contributed by atoms with Crippen molar-refractivity contribution >= 4 is 10.9 Å². The molecule has 1 aliphatic heterocycles. The third-order valence-electron chi connectivity index (χ3n) is 4.30. The van der Waals surface area contributed by atoms with Crippen molar-refractivity contribution in [3.8, 4) is 0 Å². The number of benzene rings is 1. The molecule has 1 saturated heterocycles. The van der Waals surface area contributed by atoms with Gasteiger partial charge in [-0.3, -0.25) is 9.88 Å². The van der Waals surface area contributed by atoms with Gasteiger partial charge < -0.3 is 5.73 Å². The zero-order valence-corrected chi connectivity index (χ0v) is 11.4. The van der Waals surface area contributed by atoms with Crippen molar-refractivity contribution in [3.63, 3.8) is 0 Å². The molecule has 3 rings (SSSR count). The number of pyridine rings is 1. The molecule has 2 heterocycles. The van der Waals surface area contributed by atoms with E-state index in [-0.39, 0.29) is 0 Å². The topological polar surface area (TPSA) is 42.1 Å². The van der Waals surface area contributed by atoms with E-state index in [1.54, 1.807) is 0 Å². The van der Waals surface area contributed by atoms with Crippen LogP contribution in [0.4, 0.5) is 0 Å². The maximum Gasteiger partial charge on any atom is 0.0702 e. The van der Waals surface area contributed by atoms with Gasteiger partial charge in [-0.05, 0) is 55.7 Å². The second kappa shape index (κ2) is 5.27. The fourth-order valence-corrected chi connectivity index (χ4v) is 3.29. The molecule has 100 valence electrons. The zero-order valence-electron chi connectivity index (χ0n) is 11.4. The first-order chi connectivity index (χ1) is 9.33. The highest BCUT2D eigenvalue weighted by atomic mass is 15.2. The Morgan fingerprint density at radius 2 is 2.26 bits per heavy atom. The van der Waals surface area contributed by atoms with E-state index in [2.05, 4.69) is 41.1 Å². The first kappa shape index (κ1) is 12.6. The van der Waals surface area contributed by atoms with Crippen LogP contribution in [0, 0.1) is 5.92 Å². The van der Waals surface area contributed by atoms with Gasteiger partial charge in [-0.25, -0.2) is 0 Å². The first-order valence-electron chi connectivity index (χ1n) is 7.12. The number of nitrogens with zero attached hydrogens (tertiary/aromatic N) is 2. The Kier molecular flexibility index (Phi) is 3.49. The molecule has 2 N–H and O–H groups in total. The molecule has 3 heteroatoms. The summed E-state index contributed by atoms with van der Waals surface area (Å²) in [6.45, 7) is 5.25. The average molecular weight is 255 g/mol. The molecule has 0 bridgehead atoms. The van der Waals surface area contributed by atoms with Gasteiger partial charge in [0.1, 0.15) is 0 Å². The van der Waals surface area contributed by atoms with Gasteiger partial charge in [-0.1, -0.05) is 19.1 Å². The van der Waals surface area contributed by atoms with Crippen LogP contribution >= 0.6 is 0 Å². The molecule has 0 amide bonds. The summed E-state index contributed by atoms with van der Waals surface area (Å²) in [6, 6.07) is 11.2. The van der Waals surface area contributed by atoms with Crippen LogP contribution < -0.4 is 5.73 Å². The lowest BCUT2D eigenvalue weighted by molar-refractivity contribution is 0.242. The van der Waals surface area contributed by atoms with E-state index in [9.17, 15) is 0 Å². The van der Waals surface area contributed by atoms with Crippen molar-refractivity contribution in [1.29, 1.82) is 0 Å². The molecule has 0 spiro atoms. The Hall–Kier alpha value is -1.45. The number of likely N-dealkylation sites (tertiary alicyclic amines) is 1. The molecule has 0 saturated carbocycles. The third-order valence-corrected chi connectivity index (χ3v) is 4.30. The van der Waals surface area contributed by atoms with Crippen molar-refractivity contribution < 1.29 is 0 Å². The minimum absolute atomic E-state index is 0.472. The molecule has 1 fully saturated rings. The van der Waals surface area contributed by atoms with Crippen molar-refractivity contribution in [2.75, 3.05) is 19.6 Å². The lowest BCUT2D eigenvalue weighted by Crippen LogP contribution is -2.28. The molecule has 1 aromatic carbocycles. The first-order valence-corrected chi connectivity index (χ1v) is 7.12.